The van der Waals surface area contributed by atoms with Crippen LogP contribution in [0.4, 0.5) is 10.2 Å². The number of anilines is 1. The van der Waals surface area contributed by atoms with Gasteiger partial charge < -0.3 is 21.1 Å². The molecule has 0 aliphatic carbocycles. The smallest absolute Gasteiger partial charge is 0.254 e. The number of hydrogen-bond acceptors (Lipinski definition) is 5. The first-order chi connectivity index (χ1) is 16.8. The Morgan fingerprint density at radius 3 is 2.80 bits per heavy atom. The number of aromatic nitrogens is 1. The molecule has 2 atom stereocenters. The van der Waals surface area contributed by atoms with Crippen molar-refractivity contribution in [2.75, 3.05) is 25.9 Å². The van der Waals surface area contributed by atoms with Crippen LogP contribution in [-0.2, 0) is 4.79 Å². The molecule has 1 aliphatic rings. The Morgan fingerprint density at radius 1 is 1.31 bits per heavy atom. The first-order valence-corrected chi connectivity index (χ1v) is 11.6. The zero-order valence-electron chi connectivity index (χ0n) is 19.2. The molecule has 3 aromatic rings. The minimum Gasteiger partial charge on any atom is -0.394 e. The Balaban J connectivity index is 1.56. The maximum Gasteiger partial charge on any atom is 0.254 e. The van der Waals surface area contributed by atoms with E-state index < -0.39 is 17.8 Å². The third-order valence-electron chi connectivity index (χ3n) is 6.33. The maximum absolute atomic E-state index is 15.0. The van der Waals surface area contributed by atoms with E-state index in [4.69, 9.17) is 17.3 Å². The van der Waals surface area contributed by atoms with Crippen LogP contribution in [-0.4, -0.2) is 47.0 Å². The summed E-state index contributed by atoms with van der Waals surface area (Å²) in [5.74, 6) is -1.09. The summed E-state index contributed by atoms with van der Waals surface area (Å²) >= 11 is 6.00. The van der Waals surface area contributed by atoms with E-state index in [-0.39, 0.29) is 29.8 Å². The van der Waals surface area contributed by atoms with Crippen molar-refractivity contribution in [3.8, 4) is 11.1 Å². The van der Waals surface area contributed by atoms with Crippen molar-refractivity contribution in [1.29, 1.82) is 0 Å². The summed E-state index contributed by atoms with van der Waals surface area (Å²) < 4.78 is 15.0. The van der Waals surface area contributed by atoms with Crippen LogP contribution in [0.2, 0.25) is 5.02 Å². The molecule has 2 aromatic carbocycles. The van der Waals surface area contributed by atoms with E-state index in [1.165, 1.54) is 12.1 Å². The number of benzene rings is 2. The Labute approximate surface area is 207 Å². The van der Waals surface area contributed by atoms with E-state index in [9.17, 15) is 14.7 Å². The molecule has 0 radical (unpaired) electrons. The van der Waals surface area contributed by atoms with Crippen molar-refractivity contribution in [3.63, 3.8) is 0 Å². The van der Waals surface area contributed by atoms with E-state index >= 15 is 4.39 Å². The number of pyridine rings is 1. The number of piperidine rings is 1. The number of hydrogen-bond donors (Lipinski definition) is 3. The van der Waals surface area contributed by atoms with Gasteiger partial charge >= 0.3 is 0 Å². The summed E-state index contributed by atoms with van der Waals surface area (Å²) in [4.78, 5) is 30.8. The van der Waals surface area contributed by atoms with Crippen molar-refractivity contribution in [3.05, 3.63) is 82.3 Å². The predicted octanol–water partition coefficient (Wildman–Crippen LogP) is 3.92. The lowest BCUT2D eigenvalue weighted by molar-refractivity contribution is -0.132. The fraction of sp³-hybridized carbons (Fsp3) is 0.269. The van der Waals surface area contributed by atoms with Crippen molar-refractivity contribution in [2.24, 2.45) is 0 Å². The SMILES string of the molecule is CN1CC[C@@H](c2cnc(N)c(-c3ccc(C(=O)NC(CO)c4cccc(Cl)c4)c(F)c3)c2)CC1=O. The highest BCUT2D eigenvalue weighted by molar-refractivity contribution is 6.30. The standard InChI is InChI=1S/C26H26ClFN4O3/c1-32-8-7-15(12-24(32)34)18-10-21(25(29)30-13-18)16-5-6-20(22(28)11-16)26(35)31-23(14-33)17-3-2-4-19(27)9-17/h2-6,9-11,13,15,23,33H,7-8,12,14H2,1H3,(H2,29,30)(H,31,35)/t15-,23?/m1/s1. The number of nitrogens with two attached hydrogens (primary N) is 1. The Kier molecular flexibility index (Phi) is 7.33. The largest absolute Gasteiger partial charge is 0.394 e. The molecule has 1 aromatic heterocycles. The summed E-state index contributed by atoms with van der Waals surface area (Å²) in [6.07, 6.45) is 2.85. The summed E-state index contributed by atoms with van der Waals surface area (Å²) in [6, 6.07) is 12.0. The number of carbonyl (C=O) groups is 2. The molecule has 2 heterocycles. The lowest BCUT2D eigenvalue weighted by Crippen LogP contribution is -2.34. The normalized spacial score (nSPS) is 16.7. The molecule has 7 nitrogen and oxygen atoms in total. The minimum absolute atomic E-state index is 0.0161. The van der Waals surface area contributed by atoms with E-state index in [2.05, 4.69) is 10.3 Å². The monoisotopic (exact) mass is 496 g/mol. The Bertz CT molecular complexity index is 1270. The van der Waals surface area contributed by atoms with E-state index in [0.717, 1.165) is 12.0 Å². The average Bonchev–Trinajstić information content (AvgIpc) is 2.84. The van der Waals surface area contributed by atoms with Gasteiger partial charge in [-0.05, 0) is 59.4 Å². The van der Waals surface area contributed by atoms with Gasteiger partial charge in [0.1, 0.15) is 11.6 Å². The quantitative estimate of drug-likeness (QED) is 0.479. The van der Waals surface area contributed by atoms with Crippen molar-refractivity contribution >= 4 is 29.2 Å². The highest BCUT2D eigenvalue weighted by atomic mass is 35.5. The number of nitrogen functional groups attached to an aromatic ring is 1. The number of carbonyl (C=O) groups excluding carboxylic acids is 2. The Hall–Kier alpha value is -3.49. The van der Waals surface area contributed by atoms with Crippen molar-refractivity contribution < 1.29 is 19.1 Å². The molecule has 1 unspecified atom stereocenters. The van der Waals surface area contributed by atoms with Gasteiger partial charge in [0.25, 0.3) is 5.91 Å². The zero-order chi connectivity index (χ0) is 25.1. The number of nitrogens with zero attached hydrogens (tertiary/aromatic N) is 2. The summed E-state index contributed by atoms with van der Waals surface area (Å²) in [6.45, 7) is 0.284. The molecule has 1 saturated heterocycles. The molecular formula is C26H26ClFN4O3. The van der Waals surface area contributed by atoms with E-state index in [1.54, 1.807) is 48.5 Å². The zero-order valence-corrected chi connectivity index (χ0v) is 19.9. The van der Waals surface area contributed by atoms with E-state index in [0.29, 0.717) is 34.7 Å². The minimum atomic E-state index is -0.742. The number of halogens is 2. The van der Waals surface area contributed by atoms with Crippen LogP contribution in [0.15, 0.2) is 54.7 Å². The highest BCUT2D eigenvalue weighted by Gasteiger charge is 2.26. The van der Waals surface area contributed by atoms with Crippen LogP contribution in [0.3, 0.4) is 0 Å². The lowest BCUT2D eigenvalue weighted by atomic mass is 9.88. The molecule has 1 fully saturated rings. The maximum atomic E-state index is 15.0. The molecule has 4 N–H and O–H groups in total. The second-order valence-corrected chi connectivity index (χ2v) is 9.10. The molecule has 2 amide bonds. The summed E-state index contributed by atoms with van der Waals surface area (Å²) in [5.41, 5.74) is 8.39. The summed E-state index contributed by atoms with van der Waals surface area (Å²) in [7, 11) is 1.78. The fourth-order valence-corrected chi connectivity index (χ4v) is 4.43. The first-order valence-electron chi connectivity index (χ1n) is 11.2. The van der Waals surface area contributed by atoms with Gasteiger partial charge in [0.15, 0.2) is 0 Å². The van der Waals surface area contributed by atoms with Gasteiger partial charge in [0.05, 0.1) is 18.2 Å². The number of nitrogens with one attached hydrogen (secondary N) is 1. The van der Waals surface area contributed by atoms with Crippen LogP contribution in [0, 0.1) is 5.82 Å². The van der Waals surface area contributed by atoms with Gasteiger partial charge in [-0.25, -0.2) is 9.37 Å². The number of aliphatic hydroxyl groups is 1. The number of likely N-dealkylation sites (tertiary alicyclic amines) is 1. The van der Waals surface area contributed by atoms with Crippen molar-refractivity contribution in [1.82, 2.24) is 15.2 Å². The van der Waals surface area contributed by atoms with Gasteiger partial charge in [-0.3, -0.25) is 9.59 Å². The molecule has 1 aliphatic heterocycles. The Morgan fingerprint density at radius 2 is 2.11 bits per heavy atom. The van der Waals surface area contributed by atoms with Gasteiger partial charge in [-0.15, -0.1) is 0 Å². The number of rotatable bonds is 6. The third kappa shape index (κ3) is 5.44. The van der Waals surface area contributed by atoms with Gasteiger partial charge in [-0.1, -0.05) is 29.8 Å². The molecule has 182 valence electrons. The van der Waals surface area contributed by atoms with Crippen LogP contribution >= 0.6 is 11.6 Å². The fourth-order valence-electron chi connectivity index (χ4n) is 4.23. The first kappa shape index (κ1) is 24.6. The third-order valence-corrected chi connectivity index (χ3v) is 6.57. The average molecular weight is 497 g/mol. The van der Waals surface area contributed by atoms with Crippen LogP contribution in [0.25, 0.3) is 11.1 Å². The molecule has 0 spiro atoms. The summed E-state index contributed by atoms with van der Waals surface area (Å²) in [5, 5.41) is 12.8. The number of amides is 2. The predicted molar refractivity (Wildman–Crippen MR) is 132 cm³/mol. The molecule has 35 heavy (non-hydrogen) atoms. The molecular weight excluding hydrogens is 471 g/mol. The second-order valence-electron chi connectivity index (χ2n) is 8.66. The molecule has 0 saturated carbocycles. The molecule has 9 heteroatoms. The van der Waals surface area contributed by atoms with E-state index in [1.807, 2.05) is 6.07 Å². The van der Waals surface area contributed by atoms with Crippen LogP contribution in [0.1, 0.15) is 46.3 Å². The molecule has 4 rings (SSSR count). The van der Waals surface area contributed by atoms with Gasteiger partial charge in [-0.2, -0.15) is 0 Å². The molecule has 0 bridgehead atoms. The number of aliphatic hydroxyl groups excluding tert-OH is 1. The van der Waals surface area contributed by atoms with Crippen LogP contribution < -0.4 is 11.1 Å². The second kappa shape index (κ2) is 10.4. The lowest BCUT2D eigenvalue weighted by Gasteiger charge is -2.29. The van der Waals surface area contributed by atoms with Gasteiger partial charge in [0, 0.05) is 36.8 Å². The van der Waals surface area contributed by atoms with Gasteiger partial charge in [0.2, 0.25) is 5.91 Å². The van der Waals surface area contributed by atoms with Crippen LogP contribution in [0.5, 0.6) is 0 Å². The topological polar surface area (TPSA) is 109 Å². The highest BCUT2D eigenvalue weighted by Crippen LogP contribution is 2.33. The van der Waals surface area contributed by atoms with Crippen molar-refractivity contribution in [2.45, 2.75) is 24.8 Å².